The van der Waals surface area contributed by atoms with E-state index in [4.69, 9.17) is 9.90 Å². The van der Waals surface area contributed by atoms with Gasteiger partial charge in [0, 0.05) is 37.6 Å². The first kappa shape index (κ1) is 21.2. The van der Waals surface area contributed by atoms with E-state index in [0.717, 1.165) is 51.0 Å². The number of carbonyl (C=O) groups excluding carboxylic acids is 1. The molecule has 3 heterocycles. The monoisotopic (exact) mass is 376 g/mol. The lowest BCUT2D eigenvalue weighted by atomic mass is 9.97. The zero-order chi connectivity index (χ0) is 19.3. The molecule has 7 heteroatoms. The molecule has 3 rings (SSSR count). The molecule has 0 aromatic carbocycles. The second-order valence-electron chi connectivity index (χ2n) is 7.09. The van der Waals surface area contributed by atoms with Gasteiger partial charge in [-0.1, -0.05) is 6.07 Å². The molecule has 2 aliphatic rings. The van der Waals surface area contributed by atoms with E-state index in [2.05, 4.69) is 26.2 Å². The Morgan fingerprint density at radius 1 is 1.22 bits per heavy atom. The molecule has 2 N–H and O–H groups in total. The molecule has 2 amide bonds. The summed E-state index contributed by atoms with van der Waals surface area (Å²) in [5, 5.41) is 10.0. The lowest BCUT2D eigenvalue weighted by Gasteiger charge is -2.36. The number of carboxylic acid groups (broad SMARTS) is 1. The standard InChI is InChI=1S/C19H30N4O.CH2O2/c24-19(21-12-16-22-13-5-6-14-22)23-15-4-2-8-18(23)10-9-17-7-1-3-11-20-17;2-1-3/h1,3,7,11,18H,2,4-6,8-10,12-16H2,(H,21,24);1H,(H,2,3). The summed E-state index contributed by atoms with van der Waals surface area (Å²) in [7, 11) is 0. The summed E-state index contributed by atoms with van der Waals surface area (Å²) in [6.45, 7) is 4.77. The van der Waals surface area contributed by atoms with E-state index in [-0.39, 0.29) is 12.5 Å². The Morgan fingerprint density at radius 2 is 1.96 bits per heavy atom. The van der Waals surface area contributed by atoms with Crippen molar-refractivity contribution in [3.63, 3.8) is 0 Å². The lowest BCUT2D eigenvalue weighted by molar-refractivity contribution is -0.122. The summed E-state index contributed by atoms with van der Waals surface area (Å²) in [5.74, 6) is 0. The smallest absolute Gasteiger partial charge is 0.317 e. The number of nitrogens with zero attached hydrogens (tertiary/aromatic N) is 3. The van der Waals surface area contributed by atoms with Crippen LogP contribution in [0.4, 0.5) is 4.79 Å². The fraction of sp³-hybridized carbons (Fsp3) is 0.650. The van der Waals surface area contributed by atoms with Crippen molar-refractivity contribution in [3.05, 3.63) is 30.1 Å². The first-order chi connectivity index (χ1) is 13.2. The van der Waals surface area contributed by atoms with Crippen molar-refractivity contribution in [2.45, 2.75) is 51.0 Å². The highest BCUT2D eigenvalue weighted by Gasteiger charge is 2.26. The zero-order valence-electron chi connectivity index (χ0n) is 16.1. The SMILES string of the molecule is O=C(NCCN1CCCC1)N1CCCCC1CCc1ccccn1.O=CO. The number of amides is 2. The van der Waals surface area contributed by atoms with E-state index in [0.29, 0.717) is 6.04 Å². The Labute approximate surface area is 161 Å². The van der Waals surface area contributed by atoms with E-state index < -0.39 is 0 Å². The average Bonchev–Trinajstić information content (AvgIpc) is 3.21. The van der Waals surface area contributed by atoms with E-state index in [1.54, 1.807) is 0 Å². The van der Waals surface area contributed by atoms with Gasteiger partial charge < -0.3 is 20.2 Å². The Kier molecular flexibility index (Phi) is 9.62. The molecule has 0 spiro atoms. The Morgan fingerprint density at radius 3 is 2.67 bits per heavy atom. The topological polar surface area (TPSA) is 85.8 Å². The molecule has 0 saturated carbocycles. The number of aryl methyl sites for hydroxylation is 1. The number of likely N-dealkylation sites (tertiary alicyclic amines) is 2. The van der Waals surface area contributed by atoms with Gasteiger partial charge in [-0.15, -0.1) is 0 Å². The molecule has 150 valence electrons. The number of aromatic nitrogens is 1. The van der Waals surface area contributed by atoms with Crippen LogP contribution in [0.5, 0.6) is 0 Å². The highest BCUT2D eigenvalue weighted by molar-refractivity contribution is 5.74. The van der Waals surface area contributed by atoms with Crippen molar-refractivity contribution < 1.29 is 14.7 Å². The maximum absolute atomic E-state index is 12.6. The summed E-state index contributed by atoms with van der Waals surface area (Å²) in [4.78, 5) is 29.8. The van der Waals surface area contributed by atoms with Crippen molar-refractivity contribution in [2.24, 2.45) is 0 Å². The Bertz CT molecular complexity index is 549. The fourth-order valence-electron chi connectivity index (χ4n) is 3.86. The van der Waals surface area contributed by atoms with Crippen molar-refractivity contribution in [2.75, 3.05) is 32.7 Å². The van der Waals surface area contributed by atoms with E-state index in [1.165, 1.54) is 32.4 Å². The van der Waals surface area contributed by atoms with Gasteiger partial charge >= 0.3 is 6.03 Å². The van der Waals surface area contributed by atoms with Gasteiger partial charge in [0.15, 0.2) is 0 Å². The molecular weight excluding hydrogens is 344 g/mol. The molecule has 2 saturated heterocycles. The minimum absolute atomic E-state index is 0.125. The van der Waals surface area contributed by atoms with Gasteiger partial charge in [0.25, 0.3) is 6.47 Å². The van der Waals surface area contributed by atoms with Gasteiger partial charge in [-0.25, -0.2) is 4.79 Å². The number of urea groups is 1. The third kappa shape index (κ3) is 7.54. The van der Waals surface area contributed by atoms with Crippen LogP contribution < -0.4 is 5.32 Å². The molecular formula is C20H32N4O3. The summed E-state index contributed by atoms with van der Waals surface area (Å²) >= 11 is 0. The van der Waals surface area contributed by atoms with Crippen LogP contribution in [-0.4, -0.2) is 71.2 Å². The van der Waals surface area contributed by atoms with E-state index >= 15 is 0 Å². The number of piperidine rings is 1. The largest absolute Gasteiger partial charge is 0.483 e. The first-order valence-corrected chi connectivity index (χ1v) is 9.99. The fourth-order valence-corrected chi connectivity index (χ4v) is 3.86. The van der Waals surface area contributed by atoms with Crippen LogP contribution in [0.25, 0.3) is 0 Å². The second-order valence-corrected chi connectivity index (χ2v) is 7.09. The van der Waals surface area contributed by atoms with Crippen LogP contribution in [0.1, 0.15) is 44.2 Å². The van der Waals surface area contributed by atoms with Gasteiger partial charge in [-0.2, -0.15) is 0 Å². The Hall–Kier alpha value is -2.15. The average molecular weight is 377 g/mol. The molecule has 1 atom stereocenters. The van der Waals surface area contributed by atoms with Gasteiger partial charge in [0.05, 0.1) is 0 Å². The molecule has 1 aromatic heterocycles. The van der Waals surface area contributed by atoms with Gasteiger partial charge in [-0.3, -0.25) is 9.78 Å². The summed E-state index contributed by atoms with van der Waals surface area (Å²) in [6.07, 6.45) is 9.88. The zero-order valence-corrected chi connectivity index (χ0v) is 16.1. The minimum atomic E-state index is -0.250. The first-order valence-electron chi connectivity index (χ1n) is 9.99. The van der Waals surface area contributed by atoms with Crippen molar-refractivity contribution in [1.29, 1.82) is 0 Å². The number of rotatable bonds is 6. The lowest BCUT2D eigenvalue weighted by Crippen LogP contribution is -2.50. The molecule has 2 fully saturated rings. The highest BCUT2D eigenvalue weighted by atomic mass is 16.3. The summed E-state index contributed by atoms with van der Waals surface area (Å²) in [5.41, 5.74) is 1.12. The summed E-state index contributed by atoms with van der Waals surface area (Å²) in [6, 6.07) is 6.53. The minimum Gasteiger partial charge on any atom is -0.483 e. The molecule has 0 aliphatic carbocycles. The second kappa shape index (κ2) is 12.3. The maximum atomic E-state index is 12.6. The number of hydrogen-bond donors (Lipinski definition) is 2. The molecule has 1 unspecified atom stereocenters. The normalized spacial score (nSPS) is 19.9. The van der Waals surface area contributed by atoms with Crippen LogP contribution in [-0.2, 0) is 11.2 Å². The number of carbonyl (C=O) groups is 2. The number of pyridine rings is 1. The molecule has 2 aliphatic heterocycles. The van der Waals surface area contributed by atoms with Crippen LogP contribution in [0.2, 0.25) is 0 Å². The van der Waals surface area contributed by atoms with E-state index in [9.17, 15) is 4.79 Å². The number of nitrogens with one attached hydrogen (secondary N) is 1. The third-order valence-corrected chi connectivity index (χ3v) is 5.25. The predicted octanol–water partition coefficient (Wildman–Crippen LogP) is 2.37. The third-order valence-electron chi connectivity index (χ3n) is 5.25. The molecule has 7 nitrogen and oxygen atoms in total. The summed E-state index contributed by atoms with van der Waals surface area (Å²) < 4.78 is 0. The molecule has 0 radical (unpaired) electrons. The maximum Gasteiger partial charge on any atom is 0.317 e. The van der Waals surface area contributed by atoms with Gasteiger partial charge in [0.1, 0.15) is 0 Å². The van der Waals surface area contributed by atoms with Crippen molar-refractivity contribution in [1.82, 2.24) is 20.1 Å². The Balaban J connectivity index is 0.000000817. The van der Waals surface area contributed by atoms with Crippen LogP contribution >= 0.6 is 0 Å². The van der Waals surface area contributed by atoms with Crippen LogP contribution in [0.15, 0.2) is 24.4 Å². The van der Waals surface area contributed by atoms with Crippen LogP contribution in [0, 0.1) is 0 Å². The van der Waals surface area contributed by atoms with Gasteiger partial charge in [0.2, 0.25) is 0 Å². The predicted molar refractivity (Wildman–Crippen MR) is 105 cm³/mol. The van der Waals surface area contributed by atoms with Crippen molar-refractivity contribution in [3.8, 4) is 0 Å². The number of hydrogen-bond acceptors (Lipinski definition) is 4. The van der Waals surface area contributed by atoms with Gasteiger partial charge in [-0.05, 0) is 70.2 Å². The molecule has 0 bridgehead atoms. The van der Waals surface area contributed by atoms with Crippen LogP contribution in [0.3, 0.4) is 0 Å². The quantitative estimate of drug-likeness (QED) is 0.745. The molecule has 27 heavy (non-hydrogen) atoms. The van der Waals surface area contributed by atoms with E-state index in [1.807, 2.05) is 18.3 Å². The highest BCUT2D eigenvalue weighted by Crippen LogP contribution is 2.21. The molecule has 1 aromatic rings. The van der Waals surface area contributed by atoms with Crippen molar-refractivity contribution >= 4 is 12.5 Å².